The SMILES string of the molecule is CC[C@@H](Oc1ccc(C)cc1C)C(=O)Nc1ccc(N2CCOCC2)cc1. The van der Waals surface area contributed by atoms with Gasteiger partial charge in [-0.3, -0.25) is 4.79 Å². The molecular formula is C22H28N2O3. The third-order valence-electron chi connectivity index (χ3n) is 4.77. The lowest BCUT2D eigenvalue weighted by Gasteiger charge is -2.29. The van der Waals surface area contributed by atoms with Gasteiger partial charge in [0.1, 0.15) is 5.75 Å². The van der Waals surface area contributed by atoms with Gasteiger partial charge in [-0.15, -0.1) is 0 Å². The number of rotatable bonds is 6. The number of carbonyl (C=O) groups excluding carboxylic acids is 1. The Kier molecular flexibility index (Phi) is 6.35. The Morgan fingerprint density at radius 3 is 2.48 bits per heavy atom. The molecule has 27 heavy (non-hydrogen) atoms. The molecule has 0 saturated carbocycles. The Morgan fingerprint density at radius 2 is 1.85 bits per heavy atom. The van der Waals surface area contributed by atoms with Crippen molar-refractivity contribution >= 4 is 17.3 Å². The topological polar surface area (TPSA) is 50.8 Å². The third kappa shape index (κ3) is 5.01. The molecule has 5 nitrogen and oxygen atoms in total. The molecule has 3 rings (SSSR count). The van der Waals surface area contributed by atoms with Crippen molar-refractivity contribution in [3.05, 3.63) is 53.6 Å². The largest absolute Gasteiger partial charge is 0.480 e. The van der Waals surface area contributed by atoms with Gasteiger partial charge in [-0.1, -0.05) is 24.6 Å². The fraction of sp³-hybridized carbons (Fsp3) is 0.409. The molecule has 1 aliphatic rings. The van der Waals surface area contributed by atoms with Gasteiger partial charge in [0.05, 0.1) is 13.2 Å². The molecule has 0 aromatic heterocycles. The summed E-state index contributed by atoms with van der Waals surface area (Å²) in [6.07, 6.45) is 0.0793. The Bertz CT molecular complexity index is 768. The zero-order chi connectivity index (χ0) is 19.2. The fourth-order valence-electron chi connectivity index (χ4n) is 3.21. The average molecular weight is 368 g/mol. The molecule has 1 saturated heterocycles. The number of hydrogen-bond acceptors (Lipinski definition) is 4. The van der Waals surface area contributed by atoms with Crippen LogP contribution in [0.25, 0.3) is 0 Å². The first-order chi connectivity index (χ1) is 13.1. The molecule has 0 bridgehead atoms. The molecule has 1 amide bonds. The zero-order valence-corrected chi connectivity index (χ0v) is 16.3. The minimum absolute atomic E-state index is 0.128. The quantitative estimate of drug-likeness (QED) is 0.839. The number of hydrogen-bond donors (Lipinski definition) is 1. The molecule has 0 radical (unpaired) electrons. The van der Waals surface area contributed by atoms with Crippen molar-refractivity contribution in [1.82, 2.24) is 0 Å². The summed E-state index contributed by atoms with van der Waals surface area (Å²) in [5.41, 5.74) is 4.14. The predicted molar refractivity (Wildman–Crippen MR) is 109 cm³/mol. The van der Waals surface area contributed by atoms with Gasteiger partial charge in [-0.05, 0) is 56.2 Å². The first-order valence-corrected chi connectivity index (χ1v) is 9.54. The van der Waals surface area contributed by atoms with Gasteiger partial charge < -0.3 is 19.7 Å². The summed E-state index contributed by atoms with van der Waals surface area (Å²) in [5.74, 6) is 0.627. The van der Waals surface area contributed by atoms with Gasteiger partial charge in [0, 0.05) is 24.5 Å². The normalized spacial score (nSPS) is 15.3. The van der Waals surface area contributed by atoms with Crippen molar-refractivity contribution in [1.29, 1.82) is 0 Å². The highest BCUT2D eigenvalue weighted by molar-refractivity contribution is 5.94. The second kappa shape index (κ2) is 8.91. The highest BCUT2D eigenvalue weighted by Crippen LogP contribution is 2.22. The van der Waals surface area contributed by atoms with Gasteiger partial charge in [-0.2, -0.15) is 0 Å². The molecule has 144 valence electrons. The zero-order valence-electron chi connectivity index (χ0n) is 16.3. The maximum Gasteiger partial charge on any atom is 0.265 e. The smallest absolute Gasteiger partial charge is 0.265 e. The Hall–Kier alpha value is -2.53. The van der Waals surface area contributed by atoms with E-state index in [0.717, 1.165) is 49.0 Å². The molecule has 1 fully saturated rings. The van der Waals surface area contributed by atoms with Crippen molar-refractivity contribution in [2.75, 3.05) is 36.5 Å². The van der Waals surface area contributed by atoms with E-state index in [-0.39, 0.29) is 5.91 Å². The summed E-state index contributed by atoms with van der Waals surface area (Å²) in [6, 6.07) is 13.9. The molecule has 2 aromatic rings. The van der Waals surface area contributed by atoms with Gasteiger partial charge in [-0.25, -0.2) is 0 Å². The highest BCUT2D eigenvalue weighted by Gasteiger charge is 2.19. The van der Waals surface area contributed by atoms with Crippen LogP contribution >= 0.6 is 0 Å². The fourth-order valence-corrected chi connectivity index (χ4v) is 3.21. The first-order valence-electron chi connectivity index (χ1n) is 9.54. The number of benzene rings is 2. The van der Waals surface area contributed by atoms with Crippen molar-refractivity contribution in [3.63, 3.8) is 0 Å². The van der Waals surface area contributed by atoms with Crippen molar-refractivity contribution < 1.29 is 14.3 Å². The summed E-state index contributed by atoms with van der Waals surface area (Å²) in [7, 11) is 0. The molecule has 1 N–H and O–H groups in total. The van der Waals surface area contributed by atoms with E-state index in [2.05, 4.69) is 16.3 Å². The number of carbonyl (C=O) groups is 1. The highest BCUT2D eigenvalue weighted by atomic mass is 16.5. The number of anilines is 2. The van der Waals surface area contributed by atoms with E-state index in [0.29, 0.717) is 6.42 Å². The summed E-state index contributed by atoms with van der Waals surface area (Å²) in [6.45, 7) is 9.30. The number of nitrogens with one attached hydrogen (secondary N) is 1. The van der Waals surface area contributed by atoms with Crippen LogP contribution in [0.15, 0.2) is 42.5 Å². The standard InChI is InChI=1S/C22H28N2O3/c1-4-20(27-21-10-5-16(2)15-17(21)3)22(25)23-18-6-8-19(9-7-18)24-11-13-26-14-12-24/h5-10,15,20H,4,11-14H2,1-3H3,(H,23,25)/t20-/m1/s1. The molecular weight excluding hydrogens is 340 g/mol. The maximum atomic E-state index is 12.6. The lowest BCUT2D eigenvalue weighted by atomic mass is 10.1. The van der Waals surface area contributed by atoms with Crippen LogP contribution < -0.4 is 15.0 Å². The Morgan fingerprint density at radius 1 is 1.15 bits per heavy atom. The number of nitrogens with zero attached hydrogens (tertiary/aromatic N) is 1. The van der Waals surface area contributed by atoms with Crippen LogP contribution in [0.5, 0.6) is 5.75 Å². The Balaban J connectivity index is 1.62. The molecule has 1 atom stereocenters. The molecule has 0 aliphatic carbocycles. The van der Waals surface area contributed by atoms with E-state index < -0.39 is 6.10 Å². The van der Waals surface area contributed by atoms with Crippen LogP contribution in [0.2, 0.25) is 0 Å². The minimum Gasteiger partial charge on any atom is -0.480 e. The van der Waals surface area contributed by atoms with Crippen LogP contribution in [-0.2, 0) is 9.53 Å². The monoisotopic (exact) mass is 368 g/mol. The van der Waals surface area contributed by atoms with E-state index in [1.54, 1.807) is 0 Å². The lowest BCUT2D eigenvalue weighted by Crippen LogP contribution is -2.36. The van der Waals surface area contributed by atoms with E-state index in [1.165, 1.54) is 5.56 Å². The summed E-state index contributed by atoms with van der Waals surface area (Å²) >= 11 is 0. The number of aryl methyl sites for hydroxylation is 2. The predicted octanol–water partition coefficient (Wildman–Crippen LogP) is 3.94. The maximum absolute atomic E-state index is 12.6. The second-order valence-corrected chi connectivity index (χ2v) is 6.92. The Labute approximate surface area is 161 Å². The second-order valence-electron chi connectivity index (χ2n) is 6.92. The van der Waals surface area contributed by atoms with E-state index in [1.807, 2.05) is 57.2 Å². The van der Waals surface area contributed by atoms with Crippen LogP contribution in [0.1, 0.15) is 24.5 Å². The van der Waals surface area contributed by atoms with Gasteiger partial charge in [0.25, 0.3) is 5.91 Å². The number of morpholine rings is 1. The lowest BCUT2D eigenvalue weighted by molar-refractivity contribution is -0.122. The van der Waals surface area contributed by atoms with Gasteiger partial charge in [0.15, 0.2) is 6.10 Å². The molecule has 2 aromatic carbocycles. The summed E-state index contributed by atoms with van der Waals surface area (Å²) in [5, 5.41) is 2.97. The van der Waals surface area contributed by atoms with E-state index in [9.17, 15) is 4.79 Å². The van der Waals surface area contributed by atoms with Crippen LogP contribution in [0, 0.1) is 13.8 Å². The number of amides is 1. The molecule has 1 heterocycles. The van der Waals surface area contributed by atoms with Crippen LogP contribution in [0.4, 0.5) is 11.4 Å². The van der Waals surface area contributed by atoms with Crippen LogP contribution in [0.3, 0.4) is 0 Å². The minimum atomic E-state index is -0.523. The third-order valence-corrected chi connectivity index (χ3v) is 4.77. The summed E-state index contributed by atoms with van der Waals surface area (Å²) in [4.78, 5) is 14.9. The van der Waals surface area contributed by atoms with E-state index >= 15 is 0 Å². The van der Waals surface area contributed by atoms with Crippen molar-refractivity contribution in [3.8, 4) is 5.75 Å². The van der Waals surface area contributed by atoms with E-state index in [4.69, 9.17) is 9.47 Å². The molecule has 1 aliphatic heterocycles. The molecule has 0 spiro atoms. The molecule has 5 heteroatoms. The first kappa shape index (κ1) is 19.2. The summed E-state index contributed by atoms with van der Waals surface area (Å²) < 4.78 is 11.4. The van der Waals surface area contributed by atoms with Crippen molar-refractivity contribution in [2.45, 2.75) is 33.3 Å². The van der Waals surface area contributed by atoms with Gasteiger partial charge >= 0.3 is 0 Å². The average Bonchev–Trinajstić information content (AvgIpc) is 2.68. The number of ether oxygens (including phenoxy) is 2. The molecule has 0 unspecified atom stereocenters. The van der Waals surface area contributed by atoms with Gasteiger partial charge in [0.2, 0.25) is 0 Å². The van der Waals surface area contributed by atoms with Crippen LogP contribution in [-0.4, -0.2) is 38.3 Å². The van der Waals surface area contributed by atoms with Crippen molar-refractivity contribution in [2.24, 2.45) is 0 Å².